The smallest absolute Gasteiger partial charge is 0.231 e. The fraction of sp³-hybridized carbons (Fsp3) is 0. The van der Waals surface area contributed by atoms with Crippen molar-refractivity contribution in [1.29, 1.82) is 0 Å². The van der Waals surface area contributed by atoms with Gasteiger partial charge in [0.25, 0.3) is 0 Å². The molecule has 22 heavy (non-hydrogen) atoms. The Morgan fingerprint density at radius 3 is 2.41 bits per heavy atom. The molecule has 0 aliphatic carbocycles. The number of rotatable bonds is 3. The Bertz CT molecular complexity index is 810. The summed E-state index contributed by atoms with van der Waals surface area (Å²) in [6.07, 6.45) is 0. The highest BCUT2D eigenvalue weighted by Crippen LogP contribution is 2.28. The van der Waals surface area contributed by atoms with Crippen molar-refractivity contribution in [1.82, 2.24) is 9.97 Å². The zero-order valence-electron chi connectivity index (χ0n) is 11.4. The molecule has 0 aliphatic heterocycles. The molecule has 2 aromatic carbocycles. The van der Waals surface area contributed by atoms with E-state index >= 15 is 0 Å². The number of aromatic hydroxyl groups is 2. The molecule has 3 aromatic rings. The van der Waals surface area contributed by atoms with Crippen LogP contribution in [-0.2, 0) is 0 Å². The summed E-state index contributed by atoms with van der Waals surface area (Å²) >= 11 is 5.86. The lowest BCUT2D eigenvalue weighted by atomic mass is 10.1. The van der Waals surface area contributed by atoms with Crippen molar-refractivity contribution < 1.29 is 10.2 Å². The first-order valence-corrected chi connectivity index (χ1v) is 6.88. The highest BCUT2D eigenvalue weighted by molar-refractivity contribution is 6.32. The van der Waals surface area contributed by atoms with Crippen LogP contribution in [-0.4, -0.2) is 20.2 Å². The number of nitrogens with one attached hydrogen (secondary N) is 1. The SMILES string of the molecule is Oc1cc(-c2ccccc2)nc(Nc2ccc(O)c(Cl)c2)n1. The second-order valence-electron chi connectivity index (χ2n) is 4.59. The molecule has 0 bridgehead atoms. The molecule has 0 spiro atoms. The van der Waals surface area contributed by atoms with Gasteiger partial charge in [-0.25, -0.2) is 4.98 Å². The van der Waals surface area contributed by atoms with E-state index in [2.05, 4.69) is 15.3 Å². The minimum Gasteiger partial charge on any atom is -0.506 e. The highest BCUT2D eigenvalue weighted by Gasteiger charge is 2.07. The molecule has 0 amide bonds. The summed E-state index contributed by atoms with van der Waals surface area (Å²) in [5.74, 6) is 0.0934. The van der Waals surface area contributed by atoms with E-state index in [9.17, 15) is 10.2 Å². The van der Waals surface area contributed by atoms with Crippen molar-refractivity contribution in [2.24, 2.45) is 0 Å². The minimum atomic E-state index is -0.138. The van der Waals surface area contributed by atoms with Gasteiger partial charge in [-0.05, 0) is 18.2 Å². The monoisotopic (exact) mass is 313 g/mol. The van der Waals surface area contributed by atoms with Crippen LogP contribution in [0.5, 0.6) is 11.6 Å². The molecule has 0 aliphatic rings. The lowest BCUT2D eigenvalue weighted by Crippen LogP contribution is -1.98. The number of nitrogens with zero attached hydrogens (tertiary/aromatic N) is 2. The number of phenolic OH excluding ortho intramolecular Hbond substituents is 1. The number of hydrogen-bond donors (Lipinski definition) is 3. The quantitative estimate of drug-likeness (QED) is 0.638. The van der Waals surface area contributed by atoms with E-state index < -0.39 is 0 Å². The van der Waals surface area contributed by atoms with E-state index in [1.165, 1.54) is 12.1 Å². The normalized spacial score (nSPS) is 10.4. The van der Waals surface area contributed by atoms with Gasteiger partial charge in [0.15, 0.2) is 0 Å². The van der Waals surface area contributed by atoms with Crippen molar-refractivity contribution in [3.05, 3.63) is 59.6 Å². The zero-order valence-corrected chi connectivity index (χ0v) is 12.1. The summed E-state index contributed by atoms with van der Waals surface area (Å²) in [5.41, 5.74) is 2.07. The van der Waals surface area contributed by atoms with Crippen LogP contribution in [0.2, 0.25) is 5.02 Å². The fourth-order valence-corrected chi connectivity index (χ4v) is 2.14. The van der Waals surface area contributed by atoms with Crippen molar-refractivity contribution in [2.75, 3.05) is 5.32 Å². The van der Waals surface area contributed by atoms with Crippen LogP contribution in [0.4, 0.5) is 11.6 Å². The van der Waals surface area contributed by atoms with Crippen LogP contribution in [0.3, 0.4) is 0 Å². The van der Waals surface area contributed by atoms with Gasteiger partial charge in [-0.15, -0.1) is 0 Å². The molecule has 5 nitrogen and oxygen atoms in total. The summed E-state index contributed by atoms with van der Waals surface area (Å²) in [7, 11) is 0. The standard InChI is InChI=1S/C16H12ClN3O2/c17-12-8-11(6-7-14(12)21)18-16-19-13(9-15(22)20-16)10-4-2-1-3-5-10/h1-9,21H,(H2,18,19,20,22). The maximum absolute atomic E-state index is 9.77. The van der Waals surface area contributed by atoms with E-state index in [1.54, 1.807) is 12.1 Å². The predicted octanol–water partition coefficient (Wildman–Crippen LogP) is 3.95. The minimum absolute atomic E-state index is 0.00554. The van der Waals surface area contributed by atoms with Crippen molar-refractivity contribution in [3.8, 4) is 22.9 Å². The summed E-state index contributed by atoms with van der Waals surface area (Å²) < 4.78 is 0. The first kappa shape index (κ1) is 14.2. The molecule has 1 aromatic heterocycles. The Morgan fingerprint density at radius 2 is 1.68 bits per heavy atom. The largest absolute Gasteiger partial charge is 0.506 e. The zero-order chi connectivity index (χ0) is 15.5. The first-order chi connectivity index (χ1) is 10.6. The molecule has 0 unspecified atom stereocenters. The molecule has 0 saturated heterocycles. The van der Waals surface area contributed by atoms with Crippen LogP contribution in [0.15, 0.2) is 54.6 Å². The maximum Gasteiger partial charge on any atom is 0.231 e. The molecule has 1 heterocycles. The van der Waals surface area contributed by atoms with Crippen LogP contribution < -0.4 is 5.32 Å². The summed E-state index contributed by atoms with van der Waals surface area (Å²) in [6.45, 7) is 0. The number of phenols is 1. The Morgan fingerprint density at radius 1 is 0.909 bits per heavy atom. The van der Waals surface area contributed by atoms with Gasteiger partial charge in [0, 0.05) is 17.3 Å². The average Bonchev–Trinajstić information content (AvgIpc) is 2.51. The number of aromatic nitrogens is 2. The van der Waals surface area contributed by atoms with Gasteiger partial charge in [0.1, 0.15) is 5.75 Å². The number of benzene rings is 2. The van der Waals surface area contributed by atoms with E-state index in [-0.39, 0.29) is 22.6 Å². The Hall–Kier alpha value is -2.79. The number of anilines is 2. The summed E-state index contributed by atoms with van der Waals surface area (Å²) in [5, 5.41) is 22.4. The molecule has 3 N–H and O–H groups in total. The van der Waals surface area contributed by atoms with Gasteiger partial charge < -0.3 is 15.5 Å². The third kappa shape index (κ3) is 3.10. The van der Waals surface area contributed by atoms with Crippen LogP contribution in [0.1, 0.15) is 0 Å². The van der Waals surface area contributed by atoms with E-state index in [0.29, 0.717) is 11.4 Å². The molecule has 0 atom stereocenters. The molecule has 6 heteroatoms. The summed E-state index contributed by atoms with van der Waals surface area (Å²) in [4.78, 5) is 8.30. The molecular formula is C16H12ClN3O2. The van der Waals surface area contributed by atoms with Gasteiger partial charge in [0.05, 0.1) is 10.7 Å². The van der Waals surface area contributed by atoms with Gasteiger partial charge in [0.2, 0.25) is 11.8 Å². The third-order valence-electron chi connectivity index (χ3n) is 2.99. The lowest BCUT2D eigenvalue weighted by molar-refractivity contribution is 0.453. The molecular weight excluding hydrogens is 302 g/mol. The van der Waals surface area contributed by atoms with Gasteiger partial charge >= 0.3 is 0 Å². The summed E-state index contributed by atoms with van der Waals surface area (Å²) in [6, 6.07) is 15.6. The van der Waals surface area contributed by atoms with E-state index in [1.807, 2.05) is 30.3 Å². The predicted molar refractivity (Wildman–Crippen MR) is 85.5 cm³/mol. The average molecular weight is 314 g/mol. The molecule has 0 radical (unpaired) electrons. The number of halogens is 1. The molecule has 0 fully saturated rings. The fourth-order valence-electron chi connectivity index (χ4n) is 1.96. The van der Waals surface area contributed by atoms with Gasteiger partial charge in [-0.1, -0.05) is 41.9 Å². The van der Waals surface area contributed by atoms with Gasteiger partial charge in [-0.2, -0.15) is 4.98 Å². The second-order valence-corrected chi connectivity index (χ2v) is 5.00. The van der Waals surface area contributed by atoms with Crippen molar-refractivity contribution in [3.63, 3.8) is 0 Å². The maximum atomic E-state index is 9.77. The Kier molecular flexibility index (Phi) is 3.80. The van der Waals surface area contributed by atoms with Crippen LogP contribution in [0.25, 0.3) is 11.3 Å². The van der Waals surface area contributed by atoms with E-state index in [0.717, 1.165) is 5.56 Å². The number of hydrogen-bond acceptors (Lipinski definition) is 5. The van der Waals surface area contributed by atoms with E-state index in [4.69, 9.17) is 11.6 Å². The third-order valence-corrected chi connectivity index (χ3v) is 3.29. The Labute approximate surface area is 131 Å². The second kappa shape index (κ2) is 5.91. The van der Waals surface area contributed by atoms with Gasteiger partial charge in [-0.3, -0.25) is 0 Å². The molecule has 0 saturated carbocycles. The Balaban J connectivity index is 1.94. The molecule has 3 rings (SSSR count). The molecule has 110 valence electrons. The van der Waals surface area contributed by atoms with Crippen molar-refractivity contribution in [2.45, 2.75) is 0 Å². The van der Waals surface area contributed by atoms with Crippen LogP contribution in [0, 0.1) is 0 Å². The lowest BCUT2D eigenvalue weighted by Gasteiger charge is -2.08. The first-order valence-electron chi connectivity index (χ1n) is 6.51. The van der Waals surface area contributed by atoms with Crippen molar-refractivity contribution >= 4 is 23.2 Å². The highest BCUT2D eigenvalue weighted by atomic mass is 35.5. The topological polar surface area (TPSA) is 78.3 Å². The van der Waals surface area contributed by atoms with Crippen LogP contribution >= 0.6 is 11.6 Å².